The predicted octanol–water partition coefficient (Wildman–Crippen LogP) is 2.54. The molecule has 1 fully saturated rings. The minimum absolute atomic E-state index is 0.130. The number of nitrogens with one attached hydrogen (secondary N) is 1. The zero-order valence-corrected chi connectivity index (χ0v) is 12.6. The van der Waals surface area contributed by atoms with Crippen molar-refractivity contribution < 1.29 is 9.53 Å². The number of hydrogen-bond acceptors (Lipinski definition) is 3. The van der Waals surface area contributed by atoms with Gasteiger partial charge in [0.15, 0.2) is 0 Å². The third-order valence-electron chi connectivity index (χ3n) is 3.98. The number of ether oxygens (including phenoxy) is 1. The zero-order chi connectivity index (χ0) is 14.5. The molecule has 1 aromatic rings. The Bertz CT molecular complexity index is 466. The van der Waals surface area contributed by atoms with Crippen LogP contribution >= 0.6 is 0 Å². The maximum absolute atomic E-state index is 12.6. The fraction of sp³-hybridized carbons (Fsp3) is 0.562. The van der Waals surface area contributed by atoms with E-state index in [4.69, 9.17) is 4.74 Å². The van der Waals surface area contributed by atoms with Crippen LogP contribution in [0.3, 0.4) is 0 Å². The van der Waals surface area contributed by atoms with Gasteiger partial charge in [0.1, 0.15) is 0 Å². The van der Waals surface area contributed by atoms with E-state index in [0.29, 0.717) is 5.92 Å². The Balaban J connectivity index is 2.05. The molecule has 1 amide bonds. The van der Waals surface area contributed by atoms with Gasteiger partial charge in [-0.1, -0.05) is 6.07 Å². The molecular weight excluding hydrogens is 252 g/mol. The molecule has 0 bridgehead atoms. The topological polar surface area (TPSA) is 41.6 Å². The van der Waals surface area contributed by atoms with Gasteiger partial charge in [-0.3, -0.25) is 4.79 Å². The molecule has 1 heterocycles. The van der Waals surface area contributed by atoms with Crippen LogP contribution in [0.25, 0.3) is 0 Å². The number of carbonyl (C=O) groups excluding carboxylic acids is 1. The highest BCUT2D eigenvalue weighted by atomic mass is 16.5. The Morgan fingerprint density at radius 3 is 2.70 bits per heavy atom. The van der Waals surface area contributed by atoms with Gasteiger partial charge in [0.2, 0.25) is 0 Å². The molecular formula is C16H24N2O2. The summed E-state index contributed by atoms with van der Waals surface area (Å²) in [6, 6.07) is 5.93. The van der Waals surface area contributed by atoms with E-state index in [-0.39, 0.29) is 5.91 Å². The molecule has 20 heavy (non-hydrogen) atoms. The van der Waals surface area contributed by atoms with Crippen LogP contribution in [0.5, 0.6) is 0 Å². The third kappa shape index (κ3) is 3.31. The molecule has 0 unspecified atom stereocenters. The van der Waals surface area contributed by atoms with Crippen LogP contribution in [0.1, 0.15) is 28.8 Å². The maximum Gasteiger partial charge on any atom is 0.255 e. The fourth-order valence-corrected chi connectivity index (χ4v) is 2.76. The number of rotatable bonds is 4. The normalized spacial score (nSPS) is 16.2. The van der Waals surface area contributed by atoms with Gasteiger partial charge < -0.3 is 15.0 Å². The van der Waals surface area contributed by atoms with E-state index in [0.717, 1.165) is 49.4 Å². The highest BCUT2D eigenvalue weighted by Crippen LogP contribution is 2.23. The van der Waals surface area contributed by atoms with Gasteiger partial charge in [-0.2, -0.15) is 0 Å². The number of anilines is 1. The van der Waals surface area contributed by atoms with Crippen LogP contribution in [0.15, 0.2) is 18.2 Å². The number of benzene rings is 1. The lowest BCUT2D eigenvalue weighted by molar-refractivity contribution is 0.0614. The summed E-state index contributed by atoms with van der Waals surface area (Å²) in [4.78, 5) is 14.6. The quantitative estimate of drug-likeness (QED) is 0.919. The summed E-state index contributed by atoms with van der Waals surface area (Å²) in [6.07, 6.45) is 2.06. The molecule has 0 saturated carbocycles. The first-order valence-electron chi connectivity index (χ1n) is 7.22. The number of amides is 1. The average Bonchev–Trinajstić information content (AvgIpc) is 2.47. The molecule has 0 atom stereocenters. The van der Waals surface area contributed by atoms with Crippen molar-refractivity contribution in [3.8, 4) is 0 Å². The second-order valence-corrected chi connectivity index (χ2v) is 5.49. The van der Waals surface area contributed by atoms with Gasteiger partial charge in [-0.15, -0.1) is 0 Å². The summed E-state index contributed by atoms with van der Waals surface area (Å²) < 4.78 is 5.20. The summed E-state index contributed by atoms with van der Waals surface area (Å²) in [5, 5.41) is 3.12. The van der Waals surface area contributed by atoms with Crippen LogP contribution in [0.2, 0.25) is 0 Å². The Labute approximate surface area is 121 Å². The van der Waals surface area contributed by atoms with E-state index in [1.54, 1.807) is 7.11 Å². The molecule has 0 aromatic heterocycles. The van der Waals surface area contributed by atoms with Gasteiger partial charge in [-0.25, -0.2) is 0 Å². The van der Waals surface area contributed by atoms with Crippen molar-refractivity contribution in [3.05, 3.63) is 29.3 Å². The molecule has 110 valence electrons. The number of carbonyl (C=O) groups is 1. The average molecular weight is 276 g/mol. The van der Waals surface area contributed by atoms with Crippen molar-refractivity contribution in [2.75, 3.05) is 39.2 Å². The van der Waals surface area contributed by atoms with Gasteiger partial charge in [0.05, 0.1) is 5.56 Å². The summed E-state index contributed by atoms with van der Waals surface area (Å²) >= 11 is 0. The van der Waals surface area contributed by atoms with Crippen LogP contribution < -0.4 is 5.32 Å². The number of aryl methyl sites for hydroxylation is 1. The van der Waals surface area contributed by atoms with E-state index in [1.807, 2.05) is 37.1 Å². The molecule has 1 aromatic carbocycles. The largest absolute Gasteiger partial charge is 0.387 e. The van der Waals surface area contributed by atoms with Crippen molar-refractivity contribution in [3.63, 3.8) is 0 Å². The minimum atomic E-state index is 0.130. The lowest BCUT2D eigenvalue weighted by Gasteiger charge is -2.32. The summed E-state index contributed by atoms with van der Waals surface area (Å²) in [5.74, 6) is 0.719. The highest BCUT2D eigenvalue weighted by Gasteiger charge is 2.24. The van der Waals surface area contributed by atoms with Gasteiger partial charge in [0.25, 0.3) is 5.91 Å². The molecule has 1 aliphatic rings. The smallest absolute Gasteiger partial charge is 0.255 e. The number of methoxy groups -OCH3 is 1. The Morgan fingerprint density at radius 1 is 1.40 bits per heavy atom. The van der Waals surface area contributed by atoms with E-state index in [9.17, 15) is 4.79 Å². The molecule has 2 rings (SSSR count). The number of nitrogens with zero attached hydrogens (tertiary/aromatic N) is 1. The predicted molar refractivity (Wildman–Crippen MR) is 81.2 cm³/mol. The van der Waals surface area contributed by atoms with E-state index < -0.39 is 0 Å². The summed E-state index contributed by atoms with van der Waals surface area (Å²) in [5.41, 5.74) is 2.84. The first kappa shape index (κ1) is 14.9. The summed E-state index contributed by atoms with van der Waals surface area (Å²) in [7, 11) is 3.60. The second kappa shape index (κ2) is 6.75. The summed E-state index contributed by atoms with van der Waals surface area (Å²) in [6.45, 7) is 4.48. The second-order valence-electron chi connectivity index (χ2n) is 5.49. The lowest BCUT2D eigenvalue weighted by Crippen LogP contribution is -2.39. The van der Waals surface area contributed by atoms with Crippen LogP contribution in [0, 0.1) is 12.8 Å². The Kier molecular flexibility index (Phi) is 5.01. The number of likely N-dealkylation sites (tertiary alicyclic amines) is 1. The zero-order valence-electron chi connectivity index (χ0n) is 12.6. The minimum Gasteiger partial charge on any atom is -0.387 e. The first-order valence-corrected chi connectivity index (χ1v) is 7.22. The molecule has 1 N–H and O–H groups in total. The Morgan fingerprint density at radius 2 is 2.10 bits per heavy atom. The molecule has 1 aliphatic heterocycles. The van der Waals surface area contributed by atoms with Crippen LogP contribution in [-0.2, 0) is 4.74 Å². The van der Waals surface area contributed by atoms with E-state index in [2.05, 4.69) is 5.32 Å². The standard InChI is InChI=1S/C16H24N2O2/c1-12-4-5-14(15(10-12)17-2)16(19)18-8-6-13(7-9-18)11-20-3/h4-5,10,13,17H,6-9,11H2,1-3H3. The van der Waals surface area contributed by atoms with Gasteiger partial charge in [-0.05, 0) is 43.4 Å². The molecule has 0 spiro atoms. The molecule has 0 aliphatic carbocycles. The lowest BCUT2D eigenvalue weighted by atomic mass is 9.97. The fourth-order valence-electron chi connectivity index (χ4n) is 2.76. The van der Waals surface area contributed by atoms with Crippen molar-refractivity contribution >= 4 is 11.6 Å². The van der Waals surface area contributed by atoms with Crippen molar-refractivity contribution in [2.45, 2.75) is 19.8 Å². The van der Waals surface area contributed by atoms with Crippen molar-refractivity contribution in [1.82, 2.24) is 4.90 Å². The van der Waals surface area contributed by atoms with Crippen molar-refractivity contribution in [1.29, 1.82) is 0 Å². The maximum atomic E-state index is 12.6. The molecule has 4 heteroatoms. The van der Waals surface area contributed by atoms with Crippen LogP contribution in [0.4, 0.5) is 5.69 Å². The van der Waals surface area contributed by atoms with Gasteiger partial charge in [0, 0.05) is 39.5 Å². The van der Waals surface area contributed by atoms with E-state index >= 15 is 0 Å². The third-order valence-corrected chi connectivity index (χ3v) is 3.98. The Hall–Kier alpha value is -1.55. The first-order chi connectivity index (χ1) is 9.65. The van der Waals surface area contributed by atoms with Crippen molar-refractivity contribution in [2.24, 2.45) is 5.92 Å². The molecule has 4 nitrogen and oxygen atoms in total. The monoisotopic (exact) mass is 276 g/mol. The highest BCUT2D eigenvalue weighted by molar-refractivity contribution is 5.99. The van der Waals surface area contributed by atoms with Crippen LogP contribution in [-0.4, -0.2) is 44.7 Å². The van der Waals surface area contributed by atoms with E-state index in [1.165, 1.54) is 0 Å². The number of piperidine rings is 1. The number of hydrogen-bond donors (Lipinski definition) is 1. The SMILES string of the molecule is CNc1cc(C)ccc1C(=O)N1CCC(COC)CC1. The molecule has 1 saturated heterocycles. The van der Waals surface area contributed by atoms with Gasteiger partial charge >= 0.3 is 0 Å². The molecule has 0 radical (unpaired) electrons.